The Morgan fingerprint density at radius 2 is 1.94 bits per heavy atom. The van der Waals surface area contributed by atoms with Gasteiger partial charge >= 0.3 is 5.97 Å². The van der Waals surface area contributed by atoms with Crippen molar-refractivity contribution in [2.45, 2.75) is 19.9 Å². The summed E-state index contributed by atoms with van der Waals surface area (Å²) < 4.78 is 12.5. The quantitative estimate of drug-likeness (QED) is 0.492. The maximum Gasteiger partial charge on any atom is 0.338 e. The average Bonchev–Trinajstić information content (AvgIpc) is 3.10. The fraction of sp³-hybridized carbons (Fsp3) is 0.208. The molecule has 0 aliphatic carbocycles. The predicted octanol–water partition coefficient (Wildman–Crippen LogP) is 4.11. The van der Waals surface area contributed by atoms with Crippen LogP contribution in [0.25, 0.3) is 6.08 Å². The van der Waals surface area contributed by atoms with Crippen LogP contribution >= 0.6 is 34.5 Å². The van der Waals surface area contributed by atoms with Crippen LogP contribution in [0, 0.1) is 0 Å². The van der Waals surface area contributed by atoms with Crippen LogP contribution < -0.4 is 19.6 Å². The number of hydrogen-bond donors (Lipinski definition) is 0. The van der Waals surface area contributed by atoms with Crippen molar-refractivity contribution in [1.29, 1.82) is 0 Å². The number of allylic oxidation sites excluding steroid dienone is 1. The molecule has 2 heterocycles. The third kappa shape index (κ3) is 4.36. The van der Waals surface area contributed by atoms with Crippen molar-refractivity contribution in [2.24, 2.45) is 4.99 Å². The zero-order valence-corrected chi connectivity index (χ0v) is 20.4. The monoisotopic (exact) mass is 502 g/mol. The lowest BCUT2D eigenvalue weighted by Crippen LogP contribution is -2.39. The van der Waals surface area contributed by atoms with Gasteiger partial charge in [0.25, 0.3) is 5.56 Å². The summed E-state index contributed by atoms with van der Waals surface area (Å²) in [5, 5.41) is 0.759. The molecule has 0 amide bonds. The second kappa shape index (κ2) is 9.55. The highest BCUT2D eigenvalue weighted by molar-refractivity contribution is 7.07. The van der Waals surface area contributed by atoms with Crippen molar-refractivity contribution in [3.05, 3.63) is 94.6 Å². The van der Waals surface area contributed by atoms with E-state index in [0.29, 0.717) is 42.0 Å². The first-order valence-corrected chi connectivity index (χ1v) is 11.7. The molecule has 1 aliphatic heterocycles. The van der Waals surface area contributed by atoms with E-state index in [1.54, 1.807) is 57.4 Å². The van der Waals surface area contributed by atoms with E-state index in [0.717, 1.165) is 5.56 Å². The van der Waals surface area contributed by atoms with Crippen molar-refractivity contribution < 1.29 is 14.3 Å². The van der Waals surface area contributed by atoms with E-state index < -0.39 is 12.0 Å². The van der Waals surface area contributed by atoms with E-state index in [9.17, 15) is 9.59 Å². The second-order valence-corrected chi connectivity index (χ2v) is 9.01. The Kier molecular flexibility index (Phi) is 6.74. The first-order chi connectivity index (χ1) is 15.8. The Balaban J connectivity index is 1.96. The summed E-state index contributed by atoms with van der Waals surface area (Å²) in [6.45, 7) is 3.69. The maximum absolute atomic E-state index is 13.6. The van der Waals surface area contributed by atoms with Gasteiger partial charge in [-0.05, 0) is 49.2 Å². The van der Waals surface area contributed by atoms with Gasteiger partial charge in [-0.15, -0.1) is 0 Å². The number of nitrogens with zero attached hydrogens (tertiary/aromatic N) is 2. The first-order valence-electron chi connectivity index (χ1n) is 10.1. The number of halogens is 2. The number of thiazole rings is 1. The summed E-state index contributed by atoms with van der Waals surface area (Å²) in [4.78, 5) is 31.5. The standard InChI is InChI=1S/C24H20Cl2N2O4S/c1-4-32-23(30)19-13(2)27-24-28(21(19)14-8-10-16(31-3)11-9-14)22(29)18(33-24)12-15-6-5-7-17(25)20(15)26/h5-12,21H,4H2,1-3H3. The molecule has 1 aliphatic rings. The summed E-state index contributed by atoms with van der Waals surface area (Å²) in [6.07, 6.45) is 1.69. The average molecular weight is 503 g/mol. The fourth-order valence-electron chi connectivity index (χ4n) is 3.67. The van der Waals surface area contributed by atoms with E-state index >= 15 is 0 Å². The van der Waals surface area contributed by atoms with E-state index in [1.165, 1.54) is 15.9 Å². The van der Waals surface area contributed by atoms with Gasteiger partial charge in [-0.3, -0.25) is 9.36 Å². The molecule has 2 aromatic carbocycles. The van der Waals surface area contributed by atoms with Gasteiger partial charge in [-0.1, -0.05) is 58.8 Å². The smallest absolute Gasteiger partial charge is 0.338 e. The number of benzene rings is 2. The summed E-state index contributed by atoms with van der Waals surface area (Å²) >= 11 is 13.7. The molecule has 0 bridgehead atoms. The van der Waals surface area contributed by atoms with Crippen LogP contribution in [0.2, 0.25) is 10.0 Å². The lowest BCUT2D eigenvalue weighted by molar-refractivity contribution is -0.139. The molecule has 3 aromatic rings. The molecule has 33 heavy (non-hydrogen) atoms. The summed E-state index contributed by atoms with van der Waals surface area (Å²) in [7, 11) is 1.58. The Morgan fingerprint density at radius 1 is 1.21 bits per heavy atom. The first kappa shape index (κ1) is 23.3. The molecule has 0 saturated heterocycles. The van der Waals surface area contributed by atoms with Gasteiger partial charge in [0.1, 0.15) is 5.75 Å². The van der Waals surface area contributed by atoms with Crippen LogP contribution in [-0.4, -0.2) is 24.3 Å². The Labute approximate surface area is 204 Å². The normalized spacial score (nSPS) is 15.8. The molecular weight excluding hydrogens is 483 g/mol. The van der Waals surface area contributed by atoms with E-state index in [4.69, 9.17) is 32.7 Å². The predicted molar refractivity (Wildman–Crippen MR) is 130 cm³/mol. The number of rotatable bonds is 5. The van der Waals surface area contributed by atoms with Crippen LogP contribution in [0.4, 0.5) is 0 Å². The molecular formula is C24H20Cl2N2O4S. The van der Waals surface area contributed by atoms with Gasteiger partial charge < -0.3 is 9.47 Å². The van der Waals surface area contributed by atoms with Crippen LogP contribution in [0.3, 0.4) is 0 Å². The molecule has 0 saturated carbocycles. The minimum atomic E-state index is -0.691. The molecule has 1 aromatic heterocycles. The van der Waals surface area contributed by atoms with Gasteiger partial charge in [0.15, 0.2) is 4.80 Å². The third-order valence-electron chi connectivity index (χ3n) is 5.22. The summed E-state index contributed by atoms with van der Waals surface area (Å²) in [6, 6.07) is 11.8. The van der Waals surface area contributed by atoms with Crippen molar-refractivity contribution in [3.8, 4) is 5.75 Å². The topological polar surface area (TPSA) is 69.9 Å². The van der Waals surface area contributed by atoms with E-state index in [-0.39, 0.29) is 12.2 Å². The number of aromatic nitrogens is 1. The Hall–Kier alpha value is -2.87. The molecule has 0 spiro atoms. The number of ether oxygens (including phenoxy) is 2. The van der Waals surface area contributed by atoms with Crippen LogP contribution in [0.15, 0.2) is 63.5 Å². The number of methoxy groups -OCH3 is 1. The lowest BCUT2D eigenvalue weighted by Gasteiger charge is -2.24. The van der Waals surface area contributed by atoms with Crippen molar-refractivity contribution in [2.75, 3.05) is 13.7 Å². The molecule has 0 N–H and O–H groups in total. The summed E-state index contributed by atoms with van der Waals surface area (Å²) in [5.74, 6) is 0.159. The Bertz CT molecular complexity index is 1440. The minimum Gasteiger partial charge on any atom is -0.497 e. The molecule has 9 heteroatoms. The van der Waals surface area contributed by atoms with E-state index in [2.05, 4.69) is 4.99 Å². The number of fused-ring (bicyclic) bond motifs is 1. The number of carbonyl (C=O) groups excluding carboxylic acids is 1. The zero-order chi connectivity index (χ0) is 23.7. The van der Waals surface area contributed by atoms with Crippen molar-refractivity contribution in [3.63, 3.8) is 0 Å². The molecule has 4 rings (SSSR count). The highest BCUT2D eigenvalue weighted by Gasteiger charge is 2.33. The molecule has 0 radical (unpaired) electrons. The highest BCUT2D eigenvalue weighted by atomic mass is 35.5. The largest absolute Gasteiger partial charge is 0.497 e. The lowest BCUT2D eigenvalue weighted by atomic mass is 9.96. The number of hydrogen-bond acceptors (Lipinski definition) is 6. The van der Waals surface area contributed by atoms with Crippen LogP contribution in [-0.2, 0) is 9.53 Å². The van der Waals surface area contributed by atoms with Gasteiger partial charge in [0.2, 0.25) is 0 Å². The van der Waals surface area contributed by atoms with Gasteiger partial charge in [-0.2, -0.15) is 0 Å². The molecule has 6 nitrogen and oxygen atoms in total. The SMILES string of the molecule is CCOC(=O)C1=C(C)N=c2sc(=Cc3cccc(Cl)c3Cl)c(=O)n2C1c1ccc(OC)cc1. The number of esters is 1. The Morgan fingerprint density at radius 3 is 2.61 bits per heavy atom. The maximum atomic E-state index is 13.6. The highest BCUT2D eigenvalue weighted by Crippen LogP contribution is 2.32. The minimum absolute atomic E-state index is 0.211. The van der Waals surface area contributed by atoms with Crippen molar-refractivity contribution >= 4 is 46.6 Å². The third-order valence-corrected chi connectivity index (χ3v) is 7.03. The molecule has 1 atom stereocenters. The fourth-order valence-corrected chi connectivity index (χ4v) is 5.07. The van der Waals surface area contributed by atoms with Crippen LogP contribution in [0.5, 0.6) is 5.75 Å². The van der Waals surface area contributed by atoms with Gasteiger partial charge in [-0.25, -0.2) is 9.79 Å². The molecule has 0 fully saturated rings. The zero-order valence-electron chi connectivity index (χ0n) is 18.1. The number of carbonyl (C=O) groups is 1. The van der Waals surface area contributed by atoms with Gasteiger partial charge in [0.05, 0.1) is 45.6 Å². The van der Waals surface area contributed by atoms with Crippen LogP contribution in [0.1, 0.15) is 31.0 Å². The van der Waals surface area contributed by atoms with Crippen molar-refractivity contribution in [1.82, 2.24) is 4.57 Å². The summed E-state index contributed by atoms with van der Waals surface area (Å²) in [5.41, 5.74) is 1.90. The molecule has 170 valence electrons. The van der Waals surface area contributed by atoms with E-state index in [1.807, 2.05) is 12.1 Å². The van der Waals surface area contributed by atoms with Gasteiger partial charge in [0, 0.05) is 0 Å². The second-order valence-electron chi connectivity index (χ2n) is 7.22. The molecule has 1 unspecified atom stereocenters.